The van der Waals surface area contributed by atoms with E-state index in [2.05, 4.69) is 17.2 Å². The minimum atomic E-state index is -0.392. The van der Waals surface area contributed by atoms with Crippen molar-refractivity contribution in [2.75, 3.05) is 5.32 Å². The first-order valence-corrected chi connectivity index (χ1v) is 10.4. The van der Waals surface area contributed by atoms with Crippen LogP contribution in [0.1, 0.15) is 28.5 Å². The Bertz CT molecular complexity index is 1250. The van der Waals surface area contributed by atoms with Crippen molar-refractivity contribution in [2.24, 2.45) is 4.99 Å². The number of aliphatic imine (C=N–C) groups is 1. The molecule has 2 aromatic carbocycles. The lowest BCUT2D eigenvalue weighted by Gasteiger charge is -2.07. The molecule has 0 radical (unpaired) electrons. The molecule has 1 amide bonds. The van der Waals surface area contributed by atoms with E-state index in [0.717, 1.165) is 50.3 Å². The molecule has 0 spiro atoms. The molecule has 1 aliphatic rings. The summed E-state index contributed by atoms with van der Waals surface area (Å²) in [5, 5.41) is 13.3. The molecule has 0 fully saturated rings. The van der Waals surface area contributed by atoms with Crippen molar-refractivity contribution in [1.29, 1.82) is 0 Å². The van der Waals surface area contributed by atoms with Gasteiger partial charge in [0.1, 0.15) is 6.54 Å². The quantitative estimate of drug-likeness (QED) is 0.644. The van der Waals surface area contributed by atoms with E-state index in [1.807, 2.05) is 43.3 Å². The van der Waals surface area contributed by atoms with Crippen molar-refractivity contribution in [3.8, 4) is 5.88 Å². The van der Waals surface area contributed by atoms with Gasteiger partial charge in [0, 0.05) is 23.0 Å². The van der Waals surface area contributed by atoms with Crippen molar-refractivity contribution >= 4 is 46.5 Å². The number of allylic oxidation sites excluding steroid dienone is 1. The highest BCUT2D eigenvalue weighted by molar-refractivity contribution is 7.10. The van der Waals surface area contributed by atoms with Crippen LogP contribution in [0.5, 0.6) is 5.88 Å². The molecular weight excluding hydrogens is 398 g/mol. The number of hydrogen-bond donors (Lipinski definition) is 2. The third-order valence-electron chi connectivity index (χ3n) is 4.93. The lowest BCUT2D eigenvalue weighted by atomic mass is 10.0. The first-order chi connectivity index (χ1) is 14.5. The van der Waals surface area contributed by atoms with Gasteiger partial charge in [0.15, 0.2) is 0 Å². The van der Waals surface area contributed by atoms with Crippen LogP contribution in [0.25, 0.3) is 11.6 Å². The van der Waals surface area contributed by atoms with Crippen molar-refractivity contribution in [3.05, 3.63) is 73.7 Å². The number of hydrogen-bond acceptors (Lipinski definition) is 5. The number of aromatic nitrogens is 1. The highest BCUT2D eigenvalue weighted by Crippen LogP contribution is 2.37. The second-order valence-corrected chi connectivity index (χ2v) is 8.08. The number of anilines is 1. The van der Waals surface area contributed by atoms with Crippen LogP contribution in [0.2, 0.25) is 0 Å². The Kier molecular flexibility index (Phi) is 5.37. The molecule has 0 aliphatic carbocycles. The van der Waals surface area contributed by atoms with Crippen LogP contribution in [0.4, 0.5) is 11.4 Å². The Morgan fingerprint density at radius 1 is 1.27 bits per heavy atom. The molecule has 3 aromatic rings. The summed E-state index contributed by atoms with van der Waals surface area (Å²) in [5.41, 5.74) is 5.54. The largest absolute Gasteiger partial charge is 0.493 e. The molecule has 0 unspecified atom stereocenters. The summed E-state index contributed by atoms with van der Waals surface area (Å²) in [7, 11) is 0. The molecule has 1 aliphatic heterocycles. The third-order valence-corrected chi connectivity index (χ3v) is 5.84. The second-order valence-electron chi connectivity index (χ2n) is 7.08. The van der Waals surface area contributed by atoms with Crippen molar-refractivity contribution in [3.63, 3.8) is 0 Å². The normalized spacial score (nSPS) is 13.6. The number of amides is 1. The first kappa shape index (κ1) is 19.8. The monoisotopic (exact) mass is 419 g/mol. The minimum absolute atomic E-state index is 0.217. The number of thiazole rings is 1. The van der Waals surface area contributed by atoms with Gasteiger partial charge in [-0.1, -0.05) is 48.6 Å². The Morgan fingerprint density at radius 3 is 2.83 bits per heavy atom. The van der Waals surface area contributed by atoms with E-state index in [1.54, 1.807) is 18.4 Å². The van der Waals surface area contributed by atoms with Crippen LogP contribution in [-0.4, -0.2) is 21.8 Å². The van der Waals surface area contributed by atoms with Crippen LogP contribution < -0.4 is 10.2 Å². The number of carbonyl (C=O) groups is 1. The molecule has 0 saturated heterocycles. The molecule has 2 N–H and O–H groups in total. The topological polar surface area (TPSA) is 83.7 Å². The van der Waals surface area contributed by atoms with E-state index in [-0.39, 0.29) is 18.3 Å². The van der Waals surface area contributed by atoms with Crippen LogP contribution in [0.15, 0.2) is 52.3 Å². The Balaban J connectivity index is 1.58. The van der Waals surface area contributed by atoms with E-state index in [0.29, 0.717) is 10.6 Å². The SMILES string of the molecule is CCc1cccc2c1N=C/C2=C/c1sc(=O)n(CC(=O)Nc2cccc(C)c2)c1O. The average Bonchev–Trinajstić information content (AvgIpc) is 3.24. The summed E-state index contributed by atoms with van der Waals surface area (Å²) in [4.78, 5) is 29.3. The number of nitrogens with one attached hydrogen (secondary N) is 1. The molecule has 0 atom stereocenters. The maximum Gasteiger partial charge on any atom is 0.311 e. The summed E-state index contributed by atoms with van der Waals surface area (Å²) in [6.07, 6.45) is 4.35. The molecule has 6 nitrogen and oxygen atoms in total. The number of benzene rings is 2. The molecule has 152 valence electrons. The summed E-state index contributed by atoms with van der Waals surface area (Å²) < 4.78 is 1.08. The van der Waals surface area contributed by atoms with E-state index in [9.17, 15) is 14.7 Å². The Labute approximate surface area is 177 Å². The van der Waals surface area contributed by atoms with Gasteiger partial charge in [0.25, 0.3) is 0 Å². The van der Waals surface area contributed by atoms with Crippen molar-refractivity contribution in [2.45, 2.75) is 26.8 Å². The van der Waals surface area contributed by atoms with Gasteiger partial charge < -0.3 is 10.4 Å². The number of para-hydroxylation sites is 1. The summed E-state index contributed by atoms with van der Waals surface area (Å²) in [6.45, 7) is 3.74. The van der Waals surface area contributed by atoms with Gasteiger partial charge >= 0.3 is 4.87 Å². The van der Waals surface area contributed by atoms with Gasteiger partial charge in [-0.25, -0.2) is 0 Å². The van der Waals surface area contributed by atoms with E-state index >= 15 is 0 Å². The highest BCUT2D eigenvalue weighted by atomic mass is 32.1. The maximum atomic E-state index is 12.4. The minimum Gasteiger partial charge on any atom is -0.493 e. The van der Waals surface area contributed by atoms with Gasteiger partial charge in [-0.05, 0) is 42.7 Å². The number of aryl methyl sites for hydroxylation is 2. The van der Waals surface area contributed by atoms with Gasteiger partial charge in [-0.2, -0.15) is 0 Å². The fourth-order valence-electron chi connectivity index (χ4n) is 3.44. The van der Waals surface area contributed by atoms with Gasteiger partial charge in [-0.3, -0.25) is 19.1 Å². The average molecular weight is 420 g/mol. The number of fused-ring (bicyclic) bond motifs is 1. The van der Waals surface area contributed by atoms with Crippen LogP contribution in [0.3, 0.4) is 0 Å². The summed E-state index contributed by atoms with van der Waals surface area (Å²) >= 11 is 0.903. The molecule has 0 saturated carbocycles. The van der Waals surface area contributed by atoms with Crippen LogP contribution >= 0.6 is 11.3 Å². The zero-order valence-electron chi connectivity index (χ0n) is 16.7. The number of rotatable bonds is 5. The van der Waals surface area contributed by atoms with Gasteiger partial charge in [0.05, 0.1) is 10.6 Å². The maximum absolute atomic E-state index is 12.4. The van der Waals surface area contributed by atoms with E-state index in [4.69, 9.17) is 0 Å². The molecule has 7 heteroatoms. The highest BCUT2D eigenvalue weighted by Gasteiger charge is 2.19. The van der Waals surface area contributed by atoms with Gasteiger partial charge in [-0.15, -0.1) is 0 Å². The predicted molar refractivity (Wildman–Crippen MR) is 122 cm³/mol. The summed E-state index contributed by atoms with van der Waals surface area (Å²) in [5.74, 6) is -0.597. The molecule has 2 heterocycles. The van der Waals surface area contributed by atoms with Crippen LogP contribution in [0, 0.1) is 6.92 Å². The second kappa shape index (κ2) is 8.12. The lowest BCUT2D eigenvalue weighted by Crippen LogP contribution is -2.24. The molecule has 0 bridgehead atoms. The first-order valence-electron chi connectivity index (χ1n) is 9.63. The zero-order valence-corrected chi connectivity index (χ0v) is 17.5. The number of aromatic hydroxyl groups is 1. The smallest absolute Gasteiger partial charge is 0.311 e. The fourth-order valence-corrected chi connectivity index (χ4v) is 4.27. The zero-order chi connectivity index (χ0) is 21.3. The predicted octanol–water partition coefficient (Wildman–Crippen LogP) is 4.38. The molecule has 1 aromatic heterocycles. The van der Waals surface area contributed by atoms with Gasteiger partial charge in [0.2, 0.25) is 11.8 Å². The van der Waals surface area contributed by atoms with Crippen molar-refractivity contribution in [1.82, 2.24) is 4.57 Å². The lowest BCUT2D eigenvalue weighted by molar-refractivity contribution is -0.116. The van der Waals surface area contributed by atoms with E-state index in [1.165, 1.54) is 0 Å². The molecule has 4 rings (SSSR count). The Morgan fingerprint density at radius 2 is 2.07 bits per heavy atom. The molecule has 30 heavy (non-hydrogen) atoms. The fraction of sp³-hybridized carbons (Fsp3) is 0.174. The number of nitrogens with zero attached hydrogens (tertiary/aromatic N) is 2. The third kappa shape index (κ3) is 3.84. The number of carbonyl (C=O) groups excluding carboxylic acids is 1. The Hall–Kier alpha value is -3.45. The van der Waals surface area contributed by atoms with E-state index < -0.39 is 4.87 Å². The summed E-state index contributed by atoms with van der Waals surface area (Å²) in [6, 6.07) is 13.4. The van der Waals surface area contributed by atoms with Crippen molar-refractivity contribution < 1.29 is 9.90 Å². The standard InChI is InChI=1S/C23H21N3O3S/c1-3-15-7-5-9-18-16(12-24-21(15)18)11-19-22(28)26(23(29)30-19)13-20(27)25-17-8-4-6-14(2)10-17/h4-12,28H,3,13H2,1-2H3,(H,25,27)/b16-11-. The molecular formula is C23H21N3O3S. The van der Waals surface area contributed by atoms with Crippen LogP contribution in [-0.2, 0) is 17.8 Å².